The Morgan fingerprint density at radius 2 is 0.609 bits per heavy atom. The van der Waals surface area contributed by atoms with Crippen LogP contribution in [-0.4, -0.2) is 83.5 Å². The molecule has 0 aliphatic carbocycles. The second kappa shape index (κ2) is 24.6. The summed E-state index contributed by atoms with van der Waals surface area (Å²) in [5.74, 6) is 0. The molecule has 23 heavy (non-hydrogen) atoms. The van der Waals surface area contributed by atoms with Crippen LogP contribution in [0.4, 0.5) is 0 Å². The minimum Gasteiger partial charge on any atom is -0.396 e. The van der Waals surface area contributed by atoms with Crippen LogP contribution in [0.15, 0.2) is 0 Å². The smallest absolute Gasteiger partial charge is 0.0629 e. The number of halogens is 6. The van der Waals surface area contributed by atoms with Crippen LogP contribution in [0, 0.1) is 10.8 Å². The standard InChI is InChI=1S/C10H22O7.6BrH/c11-1-9(2-12,3-13)7-17-8-10(4-14,5-15)6-16;;;;;;/h11-16H,1-8H2;6*1H. The first-order chi connectivity index (χ1) is 8.07. The summed E-state index contributed by atoms with van der Waals surface area (Å²) in [5.41, 5.74) is -2.32. The van der Waals surface area contributed by atoms with Crippen molar-refractivity contribution in [3.63, 3.8) is 0 Å². The summed E-state index contributed by atoms with van der Waals surface area (Å²) in [6.45, 7) is -3.01. The maximum atomic E-state index is 9.03. The van der Waals surface area contributed by atoms with Crippen LogP contribution in [0.2, 0.25) is 0 Å². The molecule has 6 N–H and O–H groups in total. The third-order valence-electron chi connectivity index (χ3n) is 2.83. The quantitative estimate of drug-likeness (QED) is 0.192. The van der Waals surface area contributed by atoms with Gasteiger partial charge in [0.05, 0.1) is 63.7 Å². The predicted octanol–water partition coefficient (Wildman–Crippen LogP) is 0.397. The van der Waals surface area contributed by atoms with Crippen LogP contribution in [0.25, 0.3) is 0 Å². The highest BCUT2D eigenvalue weighted by molar-refractivity contribution is 8.93. The van der Waals surface area contributed by atoms with E-state index in [-0.39, 0.29) is 115 Å². The van der Waals surface area contributed by atoms with Gasteiger partial charge in [-0.1, -0.05) is 0 Å². The highest BCUT2D eigenvalue weighted by atomic mass is 79.9. The largest absolute Gasteiger partial charge is 0.396 e. The summed E-state index contributed by atoms with van der Waals surface area (Å²) in [5, 5.41) is 54.2. The van der Waals surface area contributed by atoms with E-state index in [1.165, 1.54) is 0 Å². The van der Waals surface area contributed by atoms with Gasteiger partial charge in [-0.3, -0.25) is 0 Å². The Labute approximate surface area is 199 Å². The van der Waals surface area contributed by atoms with Crippen LogP contribution >= 0.6 is 102 Å². The minimum absolute atomic E-state index is 0. The molecule has 13 heteroatoms. The number of hydrogen-bond acceptors (Lipinski definition) is 7. The Kier molecular flexibility index (Phi) is 47.9. The Morgan fingerprint density at radius 3 is 0.739 bits per heavy atom. The highest BCUT2D eigenvalue weighted by Gasteiger charge is 2.32. The first-order valence-electron chi connectivity index (χ1n) is 5.30. The number of rotatable bonds is 10. The lowest BCUT2D eigenvalue weighted by Gasteiger charge is -2.31. The molecule has 0 heterocycles. The van der Waals surface area contributed by atoms with Crippen molar-refractivity contribution in [3.05, 3.63) is 0 Å². The van der Waals surface area contributed by atoms with Crippen molar-refractivity contribution >= 4 is 102 Å². The van der Waals surface area contributed by atoms with Gasteiger partial charge in [-0.25, -0.2) is 0 Å². The topological polar surface area (TPSA) is 131 Å². The molecule has 0 aromatic carbocycles. The molecular formula is C10H28Br6O7. The highest BCUT2D eigenvalue weighted by Crippen LogP contribution is 2.19. The summed E-state index contributed by atoms with van der Waals surface area (Å²) in [6.07, 6.45) is 0. The number of ether oxygens (including phenoxy) is 1. The van der Waals surface area contributed by atoms with E-state index >= 15 is 0 Å². The average molecular weight is 740 g/mol. The molecule has 0 aliphatic rings. The molecule has 0 radical (unpaired) electrons. The molecule has 0 unspecified atom stereocenters. The molecule has 7 nitrogen and oxygen atoms in total. The molecule has 0 spiro atoms. The summed E-state index contributed by atoms with van der Waals surface area (Å²) in [6, 6.07) is 0. The van der Waals surface area contributed by atoms with Crippen LogP contribution in [-0.2, 0) is 4.74 Å². The molecule has 152 valence electrons. The van der Waals surface area contributed by atoms with E-state index in [1.54, 1.807) is 0 Å². The number of aliphatic hydroxyl groups excluding tert-OH is 6. The van der Waals surface area contributed by atoms with Gasteiger partial charge in [0, 0.05) is 0 Å². The van der Waals surface area contributed by atoms with Crippen molar-refractivity contribution in [1.29, 1.82) is 0 Å². The first kappa shape index (κ1) is 44.8. The molecule has 0 aliphatic heterocycles. The zero-order valence-corrected chi connectivity index (χ0v) is 22.5. The van der Waals surface area contributed by atoms with Gasteiger partial charge in [0.15, 0.2) is 0 Å². The first-order valence-corrected chi connectivity index (χ1v) is 5.30. The molecule has 0 bridgehead atoms. The van der Waals surface area contributed by atoms with E-state index < -0.39 is 50.5 Å². The van der Waals surface area contributed by atoms with Gasteiger partial charge in [-0.15, -0.1) is 102 Å². The molecule has 0 saturated carbocycles. The van der Waals surface area contributed by atoms with Gasteiger partial charge < -0.3 is 35.4 Å². The molecule has 0 atom stereocenters. The third-order valence-corrected chi connectivity index (χ3v) is 2.83. The van der Waals surface area contributed by atoms with Crippen molar-refractivity contribution in [2.24, 2.45) is 10.8 Å². The van der Waals surface area contributed by atoms with Gasteiger partial charge in [0.2, 0.25) is 0 Å². The number of hydrogen-bond donors (Lipinski definition) is 6. The van der Waals surface area contributed by atoms with E-state index in [4.69, 9.17) is 35.4 Å². The fraction of sp³-hybridized carbons (Fsp3) is 1.00. The van der Waals surface area contributed by atoms with Gasteiger partial charge >= 0.3 is 0 Å². The molecule has 0 saturated heterocycles. The maximum absolute atomic E-state index is 9.03. The van der Waals surface area contributed by atoms with Gasteiger partial charge in [-0.05, 0) is 0 Å². The fourth-order valence-electron chi connectivity index (χ4n) is 1.06. The van der Waals surface area contributed by atoms with Crippen molar-refractivity contribution in [2.75, 3.05) is 52.9 Å². The third kappa shape index (κ3) is 15.4. The Bertz CT molecular complexity index is 172. The maximum Gasteiger partial charge on any atom is 0.0629 e. The molecule has 0 amide bonds. The zero-order chi connectivity index (χ0) is 13.4. The lowest BCUT2D eigenvalue weighted by atomic mass is 9.91. The number of aliphatic hydroxyl groups is 6. The normalized spacial score (nSPS) is 9.65. The van der Waals surface area contributed by atoms with Crippen molar-refractivity contribution in [3.8, 4) is 0 Å². The zero-order valence-electron chi connectivity index (χ0n) is 12.2. The van der Waals surface area contributed by atoms with Gasteiger partial charge in [-0.2, -0.15) is 0 Å². The van der Waals surface area contributed by atoms with Crippen molar-refractivity contribution < 1.29 is 35.4 Å². The fourth-order valence-corrected chi connectivity index (χ4v) is 1.06. The molecule has 0 fully saturated rings. The monoisotopic (exact) mass is 734 g/mol. The Hall–Kier alpha value is 2.60. The second-order valence-corrected chi connectivity index (χ2v) is 4.44. The van der Waals surface area contributed by atoms with E-state index in [9.17, 15) is 0 Å². The van der Waals surface area contributed by atoms with Crippen LogP contribution in [0.3, 0.4) is 0 Å². The lowest BCUT2D eigenvalue weighted by Crippen LogP contribution is -2.43. The van der Waals surface area contributed by atoms with Crippen LogP contribution < -0.4 is 0 Å². The van der Waals surface area contributed by atoms with Crippen molar-refractivity contribution in [1.82, 2.24) is 0 Å². The van der Waals surface area contributed by atoms with E-state index in [0.717, 1.165) is 0 Å². The molecule has 0 rings (SSSR count). The van der Waals surface area contributed by atoms with Crippen LogP contribution in [0.5, 0.6) is 0 Å². The van der Waals surface area contributed by atoms with E-state index in [2.05, 4.69) is 0 Å². The van der Waals surface area contributed by atoms with Crippen molar-refractivity contribution in [2.45, 2.75) is 0 Å². The predicted molar refractivity (Wildman–Crippen MR) is 120 cm³/mol. The summed E-state index contributed by atoms with van der Waals surface area (Å²) < 4.78 is 5.15. The summed E-state index contributed by atoms with van der Waals surface area (Å²) in [4.78, 5) is 0. The molecule has 0 aromatic rings. The van der Waals surface area contributed by atoms with E-state index in [1.807, 2.05) is 0 Å². The van der Waals surface area contributed by atoms with Gasteiger partial charge in [0.25, 0.3) is 0 Å². The average Bonchev–Trinajstić information content (AvgIpc) is 2.41. The van der Waals surface area contributed by atoms with Crippen LogP contribution in [0.1, 0.15) is 0 Å². The second-order valence-electron chi connectivity index (χ2n) is 4.44. The molecular weight excluding hydrogens is 712 g/mol. The SMILES string of the molecule is Br.Br.Br.Br.Br.Br.OCC(CO)(CO)COCC(CO)(CO)CO. The summed E-state index contributed by atoms with van der Waals surface area (Å²) >= 11 is 0. The van der Waals surface area contributed by atoms with Gasteiger partial charge in [0.1, 0.15) is 0 Å². The lowest BCUT2D eigenvalue weighted by molar-refractivity contribution is -0.103. The Balaban J connectivity index is -0.0000000853. The van der Waals surface area contributed by atoms with E-state index in [0.29, 0.717) is 0 Å². The minimum atomic E-state index is -1.16. The molecule has 0 aromatic heterocycles. The Morgan fingerprint density at radius 1 is 0.435 bits per heavy atom. The summed E-state index contributed by atoms with van der Waals surface area (Å²) in [7, 11) is 0.